The molecule has 1 rings (SSSR count). The highest BCUT2D eigenvalue weighted by molar-refractivity contribution is 5.98. The van der Waals surface area contributed by atoms with Crippen LogP contribution in [0.15, 0.2) is 18.2 Å². The van der Waals surface area contributed by atoms with E-state index in [1.807, 2.05) is 0 Å². The smallest absolute Gasteiger partial charge is 0.340 e. The van der Waals surface area contributed by atoms with Crippen molar-refractivity contribution in [1.82, 2.24) is 0 Å². The quantitative estimate of drug-likeness (QED) is 0.645. The molecule has 6 nitrogen and oxygen atoms in total. The number of nitrogens with two attached hydrogens (primary N) is 1. The fourth-order valence-corrected chi connectivity index (χ4v) is 1.55. The number of rotatable bonds is 4. The van der Waals surface area contributed by atoms with E-state index in [1.54, 1.807) is 39.0 Å². The molecule has 0 spiro atoms. The second-order valence-electron chi connectivity index (χ2n) is 5.20. The highest BCUT2D eigenvalue weighted by Gasteiger charge is 2.17. The van der Waals surface area contributed by atoms with Crippen molar-refractivity contribution in [3.63, 3.8) is 0 Å². The zero-order valence-corrected chi connectivity index (χ0v) is 12.1. The van der Waals surface area contributed by atoms with Gasteiger partial charge in [0, 0.05) is 0 Å². The summed E-state index contributed by atoms with van der Waals surface area (Å²) in [5.41, 5.74) is 6.29. The molecule has 0 aliphatic heterocycles. The number of anilines is 2. The van der Waals surface area contributed by atoms with E-state index in [0.717, 1.165) is 0 Å². The fourth-order valence-electron chi connectivity index (χ4n) is 1.55. The van der Waals surface area contributed by atoms with Gasteiger partial charge in [0.1, 0.15) is 12.1 Å². The highest BCUT2D eigenvalue weighted by Crippen LogP contribution is 2.23. The average molecular weight is 280 g/mol. The normalized spacial score (nSPS) is 10.8. The largest absolute Gasteiger partial charge is 0.465 e. The molecule has 0 saturated heterocycles. The number of ether oxygens (including phenoxy) is 2. The van der Waals surface area contributed by atoms with E-state index in [0.29, 0.717) is 5.69 Å². The molecule has 6 heteroatoms. The van der Waals surface area contributed by atoms with Crippen LogP contribution in [0.25, 0.3) is 0 Å². The second-order valence-corrected chi connectivity index (χ2v) is 5.20. The standard InChI is InChI=1S/C14H20N2O4/c1-14(2,3)20-11(17)8-16-10-7-5-6-9(12(10)15)13(18)19-4/h5-7,16H,8,15H2,1-4H3. The topological polar surface area (TPSA) is 90.6 Å². The fraction of sp³-hybridized carbons (Fsp3) is 0.429. The van der Waals surface area contributed by atoms with Crippen LogP contribution in [-0.4, -0.2) is 31.2 Å². The summed E-state index contributed by atoms with van der Waals surface area (Å²) in [6.07, 6.45) is 0. The number of carbonyl (C=O) groups excluding carboxylic acids is 2. The van der Waals surface area contributed by atoms with Crippen LogP contribution < -0.4 is 11.1 Å². The molecule has 1 aromatic carbocycles. The van der Waals surface area contributed by atoms with Crippen LogP contribution in [-0.2, 0) is 14.3 Å². The third kappa shape index (κ3) is 4.46. The van der Waals surface area contributed by atoms with Crippen molar-refractivity contribution in [3.8, 4) is 0 Å². The average Bonchev–Trinajstić information content (AvgIpc) is 2.34. The van der Waals surface area contributed by atoms with Crippen LogP contribution in [0.3, 0.4) is 0 Å². The Labute approximate surface area is 118 Å². The number of hydrogen-bond donors (Lipinski definition) is 2. The Hall–Kier alpha value is -2.24. The predicted octanol–water partition coefficient (Wildman–Crippen LogP) is 1.81. The summed E-state index contributed by atoms with van der Waals surface area (Å²) in [5.74, 6) is -0.927. The first-order valence-electron chi connectivity index (χ1n) is 6.17. The van der Waals surface area contributed by atoms with Crippen LogP contribution in [0, 0.1) is 0 Å². The summed E-state index contributed by atoms with van der Waals surface area (Å²) < 4.78 is 9.79. The maximum Gasteiger partial charge on any atom is 0.340 e. The summed E-state index contributed by atoms with van der Waals surface area (Å²) in [7, 11) is 1.28. The van der Waals surface area contributed by atoms with Gasteiger partial charge in [-0.3, -0.25) is 4.79 Å². The molecule has 0 heterocycles. The van der Waals surface area contributed by atoms with Crippen molar-refractivity contribution in [2.24, 2.45) is 0 Å². The molecule has 0 aliphatic rings. The minimum Gasteiger partial charge on any atom is -0.465 e. The van der Waals surface area contributed by atoms with Crippen molar-refractivity contribution in [2.75, 3.05) is 24.7 Å². The zero-order valence-electron chi connectivity index (χ0n) is 12.1. The Morgan fingerprint density at radius 3 is 2.50 bits per heavy atom. The van der Waals surface area contributed by atoms with Gasteiger partial charge in [-0.2, -0.15) is 0 Å². The number of nitrogen functional groups attached to an aromatic ring is 1. The first-order chi connectivity index (χ1) is 9.24. The Balaban J connectivity index is 2.74. The molecule has 0 fully saturated rings. The first kappa shape index (κ1) is 15.8. The summed E-state index contributed by atoms with van der Waals surface area (Å²) in [6.45, 7) is 5.33. The molecule has 0 aliphatic carbocycles. The number of esters is 2. The van der Waals surface area contributed by atoms with Crippen LogP contribution >= 0.6 is 0 Å². The van der Waals surface area contributed by atoms with Crippen LogP contribution in [0.5, 0.6) is 0 Å². The van der Waals surface area contributed by atoms with Gasteiger partial charge in [-0.05, 0) is 32.9 Å². The maximum absolute atomic E-state index is 11.6. The molecule has 3 N–H and O–H groups in total. The Kier molecular flexibility index (Phi) is 4.96. The van der Waals surface area contributed by atoms with Gasteiger partial charge in [0.25, 0.3) is 0 Å². The summed E-state index contributed by atoms with van der Waals surface area (Å²) in [4.78, 5) is 23.1. The van der Waals surface area contributed by atoms with Gasteiger partial charge in [0.05, 0.1) is 24.0 Å². The van der Waals surface area contributed by atoms with E-state index < -0.39 is 17.5 Å². The molecular formula is C14H20N2O4. The molecule has 1 aromatic rings. The molecule has 0 radical (unpaired) electrons. The lowest BCUT2D eigenvalue weighted by atomic mass is 10.1. The van der Waals surface area contributed by atoms with E-state index in [2.05, 4.69) is 10.1 Å². The number of methoxy groups -OCH3 is 1. The SMILES string of the molecule is COC(=O)c1cccc(NCC(=O)OC(C)(C)C)c1N. The van der Waals surface area contributed by atoms with E-state index in [1.165, 1.54) is 7.11 Å². The van der Waals surface area contributed by atoms with Crippen molar-refractivity contribution >= 4 is 23.3 Å². The lowest BCUT2D eigenvalue weighted by Gasteiger charge is -2.20. The maximum atomic E-state index is 11.6. The number of carbonyl (C=O) groups is 2. The molecular weight excluding hydrogens is 260 g/mol. The molecule has 20 heavy (non-hydrogen) atoms. The zero-order chi connectivity index (χ0) is 15.3. The van der Waals surface area contributed by atoms with Gasteiger partial charge in [-0.1, -0.05) is 6.07 Å². The van der Waals surface area contributed by atoms with E-state index in [4.69, 9.17) is 10.5 Å². The van der Waals surface area contributed by atoms with Crippen LogP contribution in [0.1, 0.15) is 31.1 Å². The molecule has 0 bridgehead atoms. The summed E-state index contributed by atoms with van der Waals surface area (Å²) in [5, 5.41) is 2.85. The number of benzene rings is 1. The molecule has 110 valence electrons. The molecule has 0 atom stereocenters. The monoisotopic (exact) mass is 280 g/mol. The number of para-hydroxylation sites is 1. The van der Waals surface area contributed by atoms with Gasteiger partial charge in [-0.25, -0.2) is 4.79 Å². The Morgan fingerprint density at radius 1 is 1.30 bits per heavy atom. The van der Waals surface area contributed by atoms with Gasteiger partial charge in [-0.15, -0.1) is 0 Å². The third-order valence-electron chi connectivity index (χ3n) is 2.35. The first-order valence-corrected chi connectivity index (χ1v) is 6.17. The molecule has 0 aromatic heterocycles. The van der Waals surface area contributed by atoms with Crippen LogP contribution in [0.4, 0.5) is 11.4 Å². The summed E-state index contributed by atoms with van der Waals surface area (Å²) in [6, 6.07) is 4.88. The van der Waals surface area contributed by atoms with Crippen molar-refractivity contribution in [1.29, 1.82) is 0 Å². The van der Waals surface area contributed by atoms with Gasteiger partial charge in [0.2, 0.25) is 0 Å². The van der Waals surface area contributed by atoms with Crippen LogP contribution in [0.2, 0.25) is 0 Å². The minimum absolute atomic E-state index is 0.0356. The van der Waals surface area contributed by atoms with E-state index >= 15 is 0 Å². The third-order valence-corrected chi connectivity index (χ3v) is 2.35. The van der Waals surface area contributed by atoms with Crippen molar-refractivity contribution in [3.05, 3.63) is 23.8 Å². The Morgan fingerprint density at radius 2 is 1.95 bits per heavy atom. The van der Waals surface area contributed by atoms with Gasteiger partial charge < -0.3 is 20.5 Å². The van der Waals surface area contributed by atoms with Gasteiger partial charge in [0.15, 0.2) is 0 Å². The second kappa shape index (κ2) is 6.27. The molecule has 0 saturated carbocycles. The summed E-state index contributed by atoms with van der Waals surface area (Å²) >= 11 is 0. The lowest BCUT2D eigenvalue weighted by molar-refractivity contribution is -0.152. The molecule has 0 unspecified atom stereocenters. The van der Waals surface area contributed by atoms with Crippen molar-refractivity contribution in [2.45, 2.75) is 26.4 Å². The van der Waals surface area contributed by atoms with E-state index in [9.17, 15) is 9.59 Å². The van der Waals surface area contributed by atoms with E-state index in [-0.39, 0.29) is 17.8 Å². The Bertz CT molecular complexity index is 506. The lowest BCUT2D eigenvalue weighted by Crippen LogP contribution is -2.28. The number of hydrogen-bond acceptors (Lipinski definition) is 6. The highest BCUT2D eigenvalue weighted by atomic mass is 16.6. The predicted molar refractivity (Wildman–Crippen MR) is 76.5 cm³/mol. The molecule has 0 amide bonds. The van der Waals surface area contributed by atoms with Crippen molar-refractivity contribution < 1.29 is 19.1 Å². The van der Waals surface area contributed by atoms with Gasteiger partial charge >= 0.3 is 11.9 Å². The minimum atomic E-state index is -0.543. The number of nitrogens with one attached hydrogen (secondary N) is 1.